The van der Waals surface area contributed by atoms with Crippen molar-refractivity contribution in [2.24, 2.45) is 5.41 Å². The zero-order chi connectivity index (χ0) is 14.2. The first-order chi connectivity index (χ1) is 9.60. The highest BCUT2D eigenvalue weighted by molar-refractivity contribution is 5.88. The molecule has 3 nitrogen and oxygen atoms in total. The van der Waals surface area contributed by atoms with Crippen molar-refractivity contribution in [1.82, 2.24) is 5.32 Å². The first-order valence-corrected chi connectivity index (χ1v) is 7.67. The van der Waals surface area contributed by atoms with E-state index in [0.717, 1.165) is 5.69 Å². The lowest BCUT2D eigenvalue weighted by molar-refractivity contribution is -0.114. The number of hydrogen-bond acceptors (Lipinski definition) is 2. The van der Waals surface area contributed by atoms with Crippen molar-refractivity contribution in [3.8, 4) is 0 Å². The van der Waals surface area contributed by atoms with E-state index in [1.54, 1.807) is 6.92 Å². The molecule has 3 rings (SSSR count). The van der Waals surface area contributed by atoms with Gasteiger partial charge in [-0.15, -0.1) is 0 Å². The predicted molar refractivity (Wildman–Crippen MR) is 81.9 cm³/mol. The number of carbonyl (C=O) groups is 1. The lowest BCUT2D eigenvalue weighted by Crippen LogP contribution is -2.36. The smallest absolute Gasteiger partial charge is 0.221 e. The minimum absolute atomic E-state index is 0.00666. The SMILES string of the molecule is CNC1CCC2(CC1)Cc1ccc(NC(C)=O)cc1C2. The lowest BCUT2D eigenvalue weighted by atomic mass is 9.70. The molecular formula is C17H24N2O. The van der Waals surface area contributed by atoms with Crippen LogP contribution >= 0.6 is 0 Å². The molecule has 0 unspecified atom stereocenters. The fraction of sp³-hybridized carbons (Fsp3) is 0.588. The molecule has 2 N–H and O–H groups in total. The van der Waals surface area contributed by atoms with Crippen LogP contribution in [0.25, 0.3) is 0 Å². The molecule has 0 bridgehead atoms. The summed E-state index contributed by atoms with van der Waals surface area (Å²) in [5.74, 6) is 0.00666. The Hall–Kier alpha value is -1.35. The predicted octanol–water partition coefficient (Wildman–Crippen LogP) is 2.89. The summed E-state index contributed by atoms with van der Waals surface area (Å²) in [4.78, 5) is 11.2. The molecular weight excluding hydrogens is 248 g/mol. The zero-order valence-electron chi connectivity index (χ0n) is 12.5. The zero-order valence-corrected chi connectivity index (χ0v) is 12.5. The van der Waals surface area contributed by atoms with Crippen LogP contribution in [0.15, 0.2) is 18.2 Å². The normalized spacial score (nSPS) is 28.4. The third-order valence-corrected chi connectivity index (χ3v) is 5.11. The molecule has 1 aromatic carbocycles. The van der Waals surface area contributed by atoms with E-state index < -0.39 is 0 Å². The molecule has 1 aromatic rings. The maximum Gasteiger partial charge on any atom is 0.221 e. The summed E-state index contributed by atoms with van der Waals surface area (Å²) in [6.07, 6.45) is 7.64. The lowest BCUT2D eigenvalue weighted by Gasteiger charge is -2.37. The molecule has 0 saturated heterocycles. The van der Waals surface area contributed by atoms with E-state index in [-0.39, 0.29) is 5.91 Å². The summed E-state index contributed by atoms with van der Waals surface area (Å²) in [5, 5.41) is 6.31. The van der Waals surface area contributed by atoms with Crippen LogP contribution in [0, 0.1) is 5.41 Å². The van der Waals surface area contributed by atoms with Crippen molar-refractivity contribution < 1.29 is 4.79 Å². The van der Waals surface area contributed by atoms with Gasteiger partial charge >= 0.3 is 0 Å². The Morgan fingerprint density at radius 2 is 1.90 bits per heavy atom. The van der Waals surface area contributed by atoms with E-state index in [2.05, 4.69) is 29.8 Å². The van der Waals surface area contributed by atoms with E-state index in [9.17, 15) is 4.79 Å². The van der Waals surface area contributed by atoms with Gasteiger partial charge in [-0.3, -0.25) is 4.79 Å². The first kappa shape index (κ1) is 13.6. The maximum absolute atomic E-state index is 11.2. The molecule has 0 atom stereocenters. The first-order valence-electron chi connectivity index (χ1n) is 7.67. The molecule has 1 amide bonds. The van der Waals surface area contributed by atoms with E-state index in [0.29, 0.717) is 11.5 Å². The molecule has 108 valence electrons. The topological polar surface area (TPSA) is 41.1 Å². The number of benzene rings is 1. The molecule has 20 heavy (non-hydrogen) atoms. The van der Waals surface area contributed by atoms with Crippen LogP contribution in [0.4, 0.5) is 5.69 Å². The van der Waals surface area contributed by atoms with Crippen LogP contribution in [0.3, 0.4) is 0 Å². The van der Waals surface area contributed by atoms with Crippen LogP contribution in [0.2, 0.25) is 0 Å². The highest BCUT2D eigenvalue weighted by Crippen LogP contribution is 2.47. The van der Waals surface area contributed by atoms with Gasteiger partial charge in [0.1, 0.15) is 0 Å². The van der Waals surface area contributed by atoms with E-state index in [4.69, 9.17) is 0 Å². The average Bonchev–Trinajstić information content (AvgIpc) is 2.76. The molecule has 2 aliphatic rings. The Bertz CT molecular complexity index is 516. The van der Waals surface area contributed by atoms with Crippen molar-refractivity contribution in [3.63, 3.8) is 0 Å². The minimum Gasteiger partial charge on any atom is -0.326 e. The van der Waals surface area contributed by atoms with Crippen molar-refractivity contribution in [2.75, 3.05) is 12.4 Å². The van der Waals surface area contributed by atoms with Crippen molar-refractivity contribution in [1.29, 1.82) is 0 Å². The monoisotopic (exact) mass is 272 g/mol. The molecule has 3 heteroatoms. The van der Waals surface area contributed by atoms with Gasteiger partial charge < -0.3 is 10.6 Å². The summed E-state index contributed by atoms with van der Waals surface area (Å²) >= 11 is 0. The Balaban J connectivity index is 1.74. The van der Waals surface area contributed by atoms with Gasteiger partial charge in [-0.25, -0.2) is 0 Å². The number of amides is 1. The standard InChI is InChI=1S/C17H24N2O/c1-12(20)19-16-4-3-13-10-17(11-14(13)9-16)7-5-15(18-2)6-8-17/h3-4,9,15,18H,5-8,10-11H2,1-2H3,(H,19,20). The summed E-state index contributed by atoms with van der Waals surface area (Å²) in [6.45, 7) is 1.56. The fourth-order valence-electron chi connectivity index (χ4n) is 3.99. The summed E-state index contributed by atoms with van der Waals surface area (Å²) < 4.78 is 0. The highest BCUT2D eigenvalue weighted by atomic mass is 16.1. The summed E-state index contributed by atoms with van der Waals surface area (Å²) in [6, 6.07) is 7.13. The van der Waals surface area contributed by atoms with Crippen LogP contribution in [-0.4, -0.2) is 19.0 Å². The number of nitrogens with one attached hydrogen (secondary N) is 2. The van der Waals surface area contributed by atoms with Crippen LogP contribution < -0.4 is 10.6 Å². The number of anilines is 1. The average molecular weight is 272 g/mol. The van der Waals surface area contributed by atoms with Gasteiger partial charge in [-0.05, 0) is 74.2 Å². The van der Waals surface area contributed by atoms with Crippen LogP contribution in [-0.2, 0) is 17.6 Å². The number of carbonyl (C=O) groups excluding carboxylic acids is 1. The third kappa shape index (κ3) is 2.59. The summed E-state index contributed by atoms with van der Waals surface area (Å²) in [5.41, 5.74) is 4.36. The second-order valence-electron chi connectivity index (χ2n) is 6.58. The van der Waals surface area contributed by atoms with E-state index in [1.807, 2.05) is 6.07 Å². The third-order valence-electron chi connectivity index (χ3n) is 5.11. The molecule has 1 spiro atoms. The Kier molecular flexibility index (Phi) is 3.55. The van der Waals surface area contributed by atoms with Crippen molar-refractivity contribution in [2.45, 2.75) is 51.5 Å². The van der Waals surface area contributed by atoms with Crippen LogP contribution in [0.5, 0.6) is 0 Å². The highest BCUT2D eigenvalue weighted by Gasteiger charge is 2.39. The molecule has 1 saturated carbocycles. The largest absolute Gasteiger partial charge is 0.326 e. The van der Waals surface area contributed by atoms with Crippen molar-refractivity contribution in [3.05, 3.63) is 29.3 Å². The van der Waals surface area contributed by atoms with E-state index in [1.165, 1.54) is 49.7 Å². The molecule has 0 aliphatic heterocycles. The molecule has 1 fully saturated rings. The van der Waals surface area contributed by atoms with Gasteiger partial charge in [0, 0.05) is 18.7 Å². The van der Waals surface area contributed by atoms with Gasteiger partial charge in [0.05, 0.1) is 0 Å². The van der Waals surface area contributed by atoms with Gasteiger partial charge in [0.15, 0.2) is 0 Å². The van der Waals surface area contributed by atoms with Crippen LogP contribution in [0.1, 0.15) is 43.7 Å². The number of fused-ring (bicyclic) bond motifs is 1. The second kappa shape index (κ2) is 5.21. The molecule has 0 radical (unpaired) electrons. The van der Waals surface area contributed by atoms with Gasteiger partial charge in [0.25, 0.3) is 0 Å². The van der Waals surface area contributed by atoms with E-state index >= 15 is 0 Å². The number of rotatable bonds is 2. The van der Waals surface area contributed by atoms with Crippen molar-refractivity contribution >= 4 is 11.6 Å². The van der Waals surface area contributed by atoms with Gasteiger partial charge in [0.2, 0.25) is 5.91 Å². The second-order valence-corrected chi connectivity index (χ2v) is 6.58. The van der Waals surface area contributed by atoms with Gasteiger partial charge in [-0.1, -0.05) is 6.07 Å². The molecule has 0 aromatic heterocycles. The Morgan fingerprint density at radius 3 is 2.55 bits per heavy atom. The Labute approximate surface area is 121 Å². The quantitative estimate of drug-likeness (QED) is 0.869. The maximum atomic E-state index is 11.2. The molecule has 2 aliphatic carbocycles. The summed E-state index contributed by atoms with van der Waals surface area (Å²) in [7, 11) is 2.08. The fourth-order valence-corrected chi connectivity index (χ4v) is 3.99. The number of hydrogen-bond donors (Lipinski definition) is 2. The molecule has 0 heterocycles. The Morgan fingerprint density at radius 1 is 1.20 bits per heavy atom. The van der Waals surface area contributed by atoms with Gasteiger partial charge in [-0.2, -0.15) is 0 Å². The minimum atomic E-state index is 0.00666.